The number of carbonyl (C=O) groups excluding carboxylic acids is 1. The van der Waals surface area contributed by atoms with Gasteiger partial charge in [-0.25, -0.2) is 0 Å². The fourth-order valence-electron chi connectivity index (χ4n) is 3.04. The van der Waals surface area contributed by atoms with Crippen molar-refractivity contribution in [1.82, 2.24) is 9.80 Å². The Bertz CT molecular complexity index is 496. The van der Waals surface area contributed by atoms with Crippen LogP contribution in [0.15, 0.2) is 18.2 Å². The van der Waals surface area contributed by atoms with Gasteiger partial charge >= 0.3 is 0 Å². The molecule has 0 saturated heterocycles. The van der Waals surface area contributed by atoms with Gasteiger partial charge in [-0.05, 0) is 43.4 Å². The van der Waals surface area contributed by atoms with E-state index in [4.69, 9.17) is 0 Å². The zero-order valence-electron chi connectivity index (χ0n) is 13.9. The van der Waals surface area contributed by atoms with Crippen LogP contribution in [0.1, 0.15) is 43.9 Å². The molecule has 3 nitrogen and oxygen atoms in total. The molecular weight excluding hydrogens is 260 g/mol. The molecule has 3 heteroatoms. The molecule has 0 aliphatic carbocycles. The van der Waals surface area contributed by atoms with Crippen LogP contribution in [0.4, 0.5) is 0 Å². The van der Waals surface area contributed by atoms with Gasteiger partial charge in [-0.2, -0.15) is 0 Å². The summed E-state index contributed by atoms with van der Waals surface area (Å²) >= 11 is 0. The van der Waals surface area contributed by atoms with Crippen molar-refractivity contribution in [2.75, 3.05) is 20.1 Å². The molecule has 1 amide bonds. The molecule has 21 heavy (non-hydrogen) atoms. The zero-order chi connectivity index (χ0) is 15.4. The van der Waals surface area contributed by atoms with Gasteiger partial charge in [0.1, 0.15) is 0 Å². The number of carbonyl (C=O) groups is 1. The lowest BCUT2D eigenvalue weighted by Crippen LogP contribution is -2.32. The minimum atomic E-state index is 0.205. The molecule has 0 fully saturated rings. The first-order valence-corrected chi connectivity index (χ1v) is 8.10. The Labute approximate surface area is 128 Å². The van der Waals surface area contributed by atoms with Crippen LogP contribution in [0.2, 0.25) is 0 Å². The van der Waals surface area contributed by atoms with Crippen LogP contribution in [0.25, 0.3) is 0 Å². The smallest absolute Gasteiger partial charge is 0.222 e. The monoisotopic (exact) mass is 288 g/mol. The predicted octanol–water partition coefficient (Wildman–Crippen LogP) is 2.86. The first-order valence-electron chi connectivity index (χ1n) is 8.10. The quantitative estimate of drug-likeness (QED) is 0.850. The number of benzene rings is 1. The third-order valence-electron chi connectivity index (χ3n) is 4.49. The van der Waals surface area contributed by atoms with Crippen molar-refractivity contribution in [1.29, 1.82) is 0 Å². The SMILES string of the molecule is CCC(=O)N(C)Cc1ccc2c(c1)CCN(C(C)C)CC2. The molecule has 0 radical (unpaired) electrons. The van der Waals surface area contributed by atoms with E-state index in [0.29, 0.717) is 19.0 Å². The van der Waals surface area contributed by atoms with Gasteiger partial charge in [0.15, 0.2) is 0 Å². The van der Waals surface area contributed by atoms with E-state index in [-0.39, 0.29) is 5.91 Å². The van der Waals surface area contributed by atoms with Gasteiger partial charge in [0, 0.05) is 39.1 Å². The third-order valence-corrected chi connectivity index (χ3v) is 4.49. The van der Waals surface area contributed by atoms with Crippen LogP contribution in [0.5, 0.6) is 0 Å². The Hall–Kier alpha value is -1.35. The molecule has 0 spiro atoms. The number of amides is 1. The molecule has 1 aromatic carbocycles. The van der Waals surface area contributed by atoms with E-state index in [0.717, 1.165) is 25.9 Å². The third kappa shape index (κ3) is 4.07. The van der Waals surface area contributed by atoms with E-state index >= 15 is 0 Å². The van der Waals surface area contributed by atoms with Crippen molar-refractivity contribution in [3.63, 3.8) is 0 Å². The Kier molecular flexibility index (Phi) is 5.40. The normalized spacial score (nSPS) is 15.7. The number of hydrogen-bond acceptors (Lipinski definition) is 2. The maximum Gasteiger partial charge on any atom is 0.222 e. The second-order valence-corrected chi connectivity index (χ2v) is 6.34. The van der Waals surface area contributed by atoms with Crippen LogP contribution in [0.3, 0.4) is 0 Å². The summed E-state index contributed by atoms with van der Waals surface area (Å²) in [6, 6.07) is 7.37. The highest BCUT2D eigenvalue weighted by molar-refractivity contribution is 5.75. The molecule has 1 aliphatic rings. The fourth-order valence-corrected chi connectivity index (χ4v) is 3.04. The first kappa shape index (κ1) is 16.0. The number of rotatable bonds is 4. The Morgan fingerprint density at radius 3 is 2.52 bits per heavy atom. The molecule has 0 aromatic heterocycles. The number of fused-ring (bicyclic) bond motifs is 1. The highest BCUT2D eigenvalue weighted by Gasteiger charge is 2.16. The summed E-state index contributed by atoms with van der Waals surface area (Å²) in [6.45, 7) is 9.46. The lowest BCUT2D eigenvalue weighted by atomic mass is 10.00. The predicted molar refractivity (Wildman–Crippen MR) is 87.3 cm³/mol. The van der Waals surface area contributed by atoms with Gasteiger partial charge in [-0.15, -0.1) is 0 Å². The highest BCUT2D eigenvalue weighted by atomic mass is 16.2. The van der Waals surface area contributed by atoms with E-state index < -0.39 is 0 Å². The van der Waals surface area contributed by atoms with Crippen LogP contribution in [-0.2, 0) is 24.2 Å². The molecule has 1 heterocycles. The standard InChI is InChI=1S/C18H28N2O/c1-5-18(21)19(4)13-15-6-7-16-8-10-20(14(2)3)11-9-17(16)12-15/h6-7,12,14H,5,8-11,13H2,1-4H3. The van der Waals surface area contributed by atoms with Gasteiger partial charge in [0.2, 0.25) is 5.91 Å². The molecule has 0 bridgehead atoms. The van der Waals surface area contributed by atoms with Gasteiger partial charge in [-0.3, -0.25) is 4.79 Å². The maximum absolute atomic E-state index is 11.7. The van der Waals surface area contributed by atoms with Gasteiger partial charge in [-0.1, -0.05) is 25.1 Å². The molecule has 2 rings (SSSR count). The summed E-state index contributed by atoms with van der Waals surface area (Å²) in [7, 11) is 1.89. The molecule has 0 N–H and O–H groups in total. The highest BCUT2D eigenvalue weighted by Crippen LogP contribution is 2.19. The van der Waals surface area contributed by atoms with E-state index in [1.165, 1.54) is 16.7 Å². The average Bonchev–Trinajstić information content (AvgIpc) is 2.68. The van der Waals surface area contributed by atoms with Gasteiger partial charge in [0.05, 0.1) is 0 Å². The van der Waals surface area contributed by atoms with Gasteiger partial charge in [0.25, 0.3) is 0 Å². The summed E-state index contributed by atoms with van der Waals surface area (Å²) in [5.41, 5.74) is 4.19. The fraction of sp³-hybridized carbons (Fsp3) is 0.611. The molecule has 0 atom stereocenters. The van der Waals surface area contributed by atoms with Crippen molar-refractivity contribution in [3.05, 3.63) is 34.9 Å². The van der Waals surface area contributed by atoms with E-state index in [1.807, 2.05) is 18.9 Å². The molecule has 1 aliphatic heterocycles. The summed E-state index contributed by atoms with van der Waals surface area (Å²) in [6.07, 6.45) is 2.83. The van der Waals surface area contributed by atoms with E-state index in [2.05, 4.69) is 36.9 Å². The average molecular weight is 288 g/mol. The van der Waals surface area contributed by atoms with Crippen LogP contribution >= 0.6 is 0 Å². The second kappa shape index (κ2) is 7.08. The largest absolute Gasteiger partial charge is 0.341 e. The number of hydrogen-bond donors (Lipinski definition) is 0. The van der Waals surface area contributed by atoms with Crippen molar-refractivity contribution < 1.29 is 4.79 Å². The lowest BCUT2D eigenvalue weighted by molar-refractivity contribution is -0.130. The Morgan fingerprint density at radius 1 is 1.24 bits per heavy atom. The molecular formula is C18H28N2O. The van der Waals surface area contributed by atoms with Crippen LogP contribution in [0, 0.1) is 0 Å². The Morgan fingerprint density at radius 2 is 1.90 bits per heavy atom. The minimum Gasteiger partial charge on any atom is -0.341 e. The minimum absolute atomic E-state index is 0.205. The molecule has 0 saturated carbocycles. The molecule has 0 unspecified atom stereocenters. The van der Waals surface area contributed by atoms with E-state index in [1.54, 1.807) is 0 Å². The Balaban J connectivity index is 2.08. The summed E-state index contributed by atoms with van der Waals surface area (Å²) in [4.78, 5) is 16.1. The summed E-state index contributed by atoms with van der Waals surface area (Å²) < 4.78 is 0. The van der Waals surface area contributed by atoms with Crippen molar-refractivity contribution in [2.24, 2.45) is 0 Å². The molecule has 116 valence electrons. The van der Waals surface area contributed by atoms with Crippen LogP contribution < -0.4 is 0 Å². The zero-order valence-corrected chi connectivity index (χ0v) is 13.9. The number of nitrogens with zero attached hydrogens (tertiary/aromatic N) is 2. The maximum atomic E-state index is 11.7. The first-order chi connectivity index (χ1) is 10.0. The van der Waals surface area contributed by atoms with E-state index in [9.17, 15) is 4.79 Å². The van der Waals surface area contributed by atoms with Gasteiger partial charge < -0.3 is 9.80 Å². The summed E-state index contributed by atoms with van der Waals surface area (Å²) in [5, 5.41) is 0. The summed E-state index contributed by atoms with van der Waals surface area (Å²) in [5.74, 6) is 0.205. The van der Waals surface area contributed by atoms with Crippen LogP contribution in [-0.4, -0.2) is 41.9 Å². The van der Waals surface area contributed by atoms with Crippen molar-refractivity contribution in [3.8, 4) is 0 Å². The second-order valence-electron chi connectivity index (χ2n) is 6.34. The lowest BCUT2D eigenvalue weighted by Gasteiger charge is -2.23. The molecule has 1 aromatic rings. The topological polar surface area (TPSA) is 23.6 Å². The van der Waals surface area contributed by atoms with Crippen molar-refractivity contribution in [2.45, 2.75) is 52.6 Å². The van der Waals surface area contributed by atoms with Crippen molar-refractivity contribution >= 4 is 5.91 Å².